The Hall–Kier alpha value is -1.56. The van der Waals surface area contributed by atoms with Crippen LogP contribution in [0.5, 0.6) is 0 Å². The van der Waals surface area contributed by atoms with Gasteiger partial charge in [0.2, 0.25) is 15.9 Å². The van der Waals surface area contributed by atoms with Gasteiger partial charge in [-0.1, -0.05) is 19.1 Å². The van der Waals surface area contributed by atoms with Crippen LogP contribution in [-0.4, -0.2) is 45.1 Å². The third-order valence-corrected chi connectivity index (χ3v) is 5.12. The fourth-order valence-electron chi connectivity index (χ4n) is 2.82. The number of sulfonamides is 1. The molecule has 6 heteroatoms. The lowest BCUT2D eigenvalue weighted by molar-refractivity contribution is -0.131. The van der Waals surface area contributed by atoms with E-state index in [4.69, 9.17) is 0 Å². The van der Waals surface area contributed by atoms with Gasteiger partial charge in [-0.2, -0.15) is 0 Å². The minimum atomic E-state index is -3.50. The largest absolute Gasteiger partial charge is 0.341 e. The summed E-state index contributed by atoms with van der Waals surface area (Å²) in [6.07, 6.45) is 3.25. The maximum absolute atomic E-state index is 12.5. The molecule has 1 aliphatic heterocycles. The summed E-state index contributed by atoms with van der Waals surface area (Å²) in [5.74, 6) is 0.349. The Kier molecular flexibility index (Phi) is 5.11. The lowest BCUT2D eigenvalue weighted by atomic mass is 10.0. The zero-order chi connectivity index (χ0) is 16.3. The fourth-order valence-corrected chi connectivity index (χ4v) is 3.66. The molecule has 0 unspecified atom stereocenters. The van der Waals surface area contributed by atoms with Crippen molar-refractivity contribution >= 4 is 21.6 Å². The first-order valence-electron chi connectivity index (χ1n) is 7.59. The number of anilines is 1. The highest BCUT2D eigenvalue weighted by Crippen LogP contribution is 2.20. The van der Waals surface area contributed by atoms with Crippen LogP contribution in [0.2, 0.25) is 0 Å². The Morgan fingerprint density at radius 2 is 2.14 bits per heavy atom. The van der Waals surface area contributed by atoms with Gasteiger partial charge in [-0.05, 0) is 43.4 Å². The van der Waals surface area contributed by atoms with Crippen LogP contribution >= 0.6 is 0 Å². The normalized spacial score (nSPS) is 19.0. The molecule has 0 N–H and O–H groups in total. The predicted octanol–water partition coefficient (Wildman–Crippen LogP) is 2.02. The summed E-state index contributed by atoms with van der Waals surface area (Å²) in [5.41, 5.74) is 1.51. The summed E-state index contributed by atoms with van der Waals surface area (Å²) < 4.78 is 25.4. The number of aryl methyl sites for hydroxylation is 1. The van der Waals surface area contributed by atoms with Gasteiger partial charge in [-0.25, -0.2) is 8.42 Å². The number of hydrogen-bond acceptors (Lipinski definition) is 3. The van der Waals surface area contributed by atoms with Gasteiger partial charge in [0.25, 0.3) is 0 Å². The number of hydrogen-bond donors (Lipinski definition) is 0. The first-order chi connectivity index (χ1) is 10.3. The maximum atomic E-state index is 12.5. The Morgan fingerprint density at radius 3 is 2.73 bits per heavy atom. The molecule has 0 radical (unpaired) electrons. The molecule has 5 nitrogen and oxygen atoms in total. The van der Waals surface area contributed by atoms with E-state index in [-0.39, 0.29) is 12.5 Å². The summed E-state index contributed by atoms with van der Waals surface area (Å²) in [6, 6.07) is 7.21. The van der Waals surface area contributed by atoms with Gasteiger partial charge in [0.15, 0.2) is 0 Å². The summed E-state index contributed by atoms with van der Waals surface area (Å²) in [5, 5.41) is 0. The quantitative estimate of drug-likeness (QED) is 0.851. The number of benzene rings is 1. The number of rotatable bonds is 4. The van der Waals surface area contributed by atoms with Crippen LogP contribution in [0, 0.1) is 12.8 Å². The minimum absolute atomic E-state index is 0.126. The summed E-state index contributed by atoms with van der Waals surface area (Å²) in [7, 11) is -3.50. The predicted molar refractivity (Wildman–Crippen MR) is 88.3 cm³/mol. The third-order valence-electron chi connectivity index (χ3n) is 3.98. The second-order valence-corrected chi connectivity index (χ2v) is 8.10. The van der Waals surface area contributed by atoms with Crippen molar-refractivity contribution in [3.8, 4) is 0 Å². The van der Waals surface area contributed by atoms with E-state index < -0.39 is 10.0 Å². The standard InChI is InChI=1S/C16H24N2O3S/c1-13-6-4-8-15(10-13)18(22(3,20)21)12-16(19)17-9-5-7-14(2)11-17/h4,6,8,10,14H,5,7,9,11-12H2,1-3H3/t14-/m1/s1. The lowest BCUT2D eigenvalue weighted by Gasteiger charge is -2.33. The molecule has 1 aliphatic rings. The van der Waals surface area contributed by atoms with Crippen LogP contribution in [0.1, 0.15) is 25.3 Å². The molecule has 22 heavy (non-hydrogen) atoms. The number of piperidine rings is 1. The van der Waals surface area contributed by atoms with Crippen LogP contribution in [0.4, 0.5) is 5.69 Å². The molecule has 1 amide bonds. The molecule has 0 bridgehead atoms. The second kappa shape index (κ2) is 6.69. The van der Waals surface area contributed by atoms with E-state index in [0.717, 1.165) is 24.7 Å². The monoisotopic (exact) mass is 324 g/mol. The molecule has 2 rings (SSSR count). The van der Waals surface area contributed by atoms with Crippen LogP contribution in [0.15, 0.2) is 24.3 Å². The van der Waals surface area contributed by atoms with Gasteiger partial charge in [-0.15, -0.1) is 0 Å². The average Bonchev–Trinajstić information content (AvgIpc) is 2.43. The van der Waals surface area contributed by atoms with E-state index in [0.29, 0.717) is 24.7 Å². The van der Waals surface area contributed by atoms with Crippen LogP contribution < -0.4 is 4.31 Å². The number of carbonyl (C=O) groups excluding carboxylic acids is 1. The number of amides is 1. The topological polar surface area (TPSA) is 57.7 Å². The van der Waals surface area contributed by atoms with Crippen molar-refractivity contribution in [3.05, 3.63) is 29.8 Å². The molecule has 1 atom stereocenters. The van der Waals surface area contributed by atoms with E-state index >= 15 is 0 Å². The van der Waals surface area contributed by atoms with E-state index in [1.165, 1.54) is 4.31 Å². The molecule has 0 aliphatic carbocycles. The van der Waals surface area contributed by atoms with Gasteiger partial charge in [0.05, 0.1) is 11.9 Å². The van der Waals surface area contributed by atoms with E-state index in [1.807, 2.05) is 13.0 Å². The highest BCUT2D eigenvalue weighted by Gasteiger charge is 2.26. The lowest BCUT2D eigenvalue weighted by Crippen LogP contribution is -2.46. The summed E-state index contributed by atoms with van der Waals surface area (Å²) in [6.45, 7) is 5.32. The number of carbonyl (C=O) groups is 1. The highest BCUT2D eigenvalue weighted by molar-refractivity contribution is 7.92. The smallest absolute Gasteiger partial charge is 0.243 e. The summed E-state index contributed by atoms with van der Waals surface area (Å²) >= 11 is 0. The molecule has 0 saturated carbocycles. The Labute approximate surface area is 133 Å². The van der Waals surface area contributed by atoms with Gasteiger partial charge in [-0.3, -0.25) is 9.10 Å². The zero-order valence-corrected chi connectivity index (χ0v) is 14.3. The van der Waals surface area contributed by atoms with E-state index in [2.05, 4.69) is 6.92 Å². The fraction of sp³-hybridized carbons (Fsp3) is 0.562. The van der Waals surface area contributed by atoms with E-state index in [1.54, 1.807) is 23.1 Å². The van der Waals surface area contributed by atoms with Crippen molar-refractivity contribution in [1.82, 2.24) is 4.90 Å². The first-order valence-corrected chi connectivity index (χ1v) is 9.44. The molecular formula is C16H24N2O3S. The Morgan fingerprint density at radius 1 is 1.41 bits per heavy atom. The van der Waals surface area contributed by atoms with Crippen molar-refractivity contribution in [2.75, 3.05) is 30.2 Å². The molecule has 1 saturated heterocycles. The van der Waals surface area contributed by atoms with Crippen LogP contribution in [-0.2, 0) is 14.8 Å². The molecule has 1 heterocycles. The molecular weight excluding hydrogens is 300 g/mol. The summed E-state index contributed by atoms with van der Waals surface area (Å²) in [4.78, 5) is 14.3. The minimum Gasteiger partial charge on any atom is -0.341 e. The molecule has 1 aromatic rings. The average molecular weight is 324 g/mol. The first kappa shape index (κ1) is 16.8. The van der Waals surface area contributed by atoms with Crippen LogP contribution in [0.25, 0.3) is 0 Å². The highest BCUT2D eigenvalue weighted by atomic mass is 32.2. The van der Waals surface area contributed by atoms with Crippen molar-refractivity contribution in [1.29, 1.82) is 0 Å². The molecule has 122 valence electrons. The number of likely N-dealkylation sites (tertiary alicyclic amines) is 1. The SMILES string of the molecule is Cc1cccc(N(CC(=O)N2CCC[C@@H](C)C2)S(C)(=O)=O)c1. The van der Waals surface area contributed by atoms with Crippen molar-refractivity contribution < 1.29 is 13.2 Å². The molecule has 0 spiro atoms. The maximum Gasteiger partial charge on any atom is 0.243 e. The molecule has 1 aromatic carbocycles. The molecule has 1 fully saturated rings. The zero-order valence-electron chi connectivity index (χ0n) is 13.4. The Bertz CT molecular complexity index is 643. The number of nitrogens with zero attached hydrogens (tertiary/aromatic N) is 2. The van der Waals surface area contributed by atoms with Crippen LogP contribution in [0.3, 0.4) is 0 Å². The third kappa shape index (κ3) is 4.22. The van der Waals surface area contributed by atoms with Crippen molar-refractivity contribution in [2.45, 2.75) is 26.7 Å². The second-order valence-electron chi connectivity index (χ2n) is 6.20. The van der Waals surface area contributed by atoms with Gasteiger partial charge in [0, 0.05) is 13.1 Å². The van der Waals surface area contributed by atoms with Crippen molar-refractivity contribution in [2.24, 2.45) is 5.92 Å². The van der Waals surface area contributed by atoms with E-state index in [9.17, 15) is 13.2 Å². The van der Waals surface area contributed by atoms with Gasteiger partial charge >= 0.3 is 0 Å². The van der Waals surface area contributed by atoms with Crippen molar-refractivity contribution in [3.63, 3.8) is 0 Å². The van der Waals surface area contributed by atoms with Gasteiger partial charge < -0.3 is 4.90 Å². The van der Waals surface area contributed by atoms with Gasteiger partial charge in [0.1, 0.15) is 6.54 Å². The molecule has 0 aromatic heterocycles. The Balaban J connectivity index is 2.19.